The van der Waals surface area contributed by atoms with Gasteiger partial charge < -0.3 is 5.73 Å². The number of aromatic amines is 1. The lowest BCUT2D eigenvalue weighted by molar-refractivity contribution is 0.449. The second-order valence-corrected chi connectivity index (χ2v) is 5.95. The molecular formula is C17H22FN3. The van der Waals surface area contributed by atoms with Gasteiger partial charge in [-0.3, -0.25) is 5.10 Å². The van der Waals surface area contributed by atoms with Crippen LogP contribution in [-0.2, 0) is 0 Å². The molecule has 0 unspecified atom stereocenters. The quantitative estimate of drug-likeness (QED) is 0.846. The van der Waals surface area contributed by atoms with E-state index in [0.29, 0.717) is 11.7 Å². The number of halogens is 1. The van der Waals surface area contributed by atoms with Crippen LogP contribution in [0.5, 0.6) is 0 Å². The summed E-state index contributed by atoms with van der Waals surface area (Å²) >= 11 is 0. The van der Waals surface area contributed by atoms with Gasteiger partial charge in [-0.1, -0.05) is 44.2 Å². The molecule has 1 heterocycles. The minimum atomic E-state index is -0.239. The number of nitrogens with zero attached hydrogens (tertiary/aromatic N) is 1. The first-order valence-electron chi connectivity index (χ1n) is 7.85. The first kappa shape index (κ1) is 14.1. The van der Waals surface area contributed by atoms with E-state index in [1.165, 1.54) is 44.2 Å². The van der Waals surface area contributed by atoms with E-state index < -0.39 is 0 Å². The Hall–Kier alpha value is -1.84. The zero-order valence-electron chi connectivity index (χ0n) is 12.2. The molecule has 3 rings (SSSR count). The van der Waals surface area contributed by atoms with Crippen LogP contribution in [0, 0.1) is 5.82 Å². The van der Waals surface area contributed by atoms with Gasteiger partial charge in [0.2, 0.25) is 0 Å². The third-order valence-electron chi connectivity index (χ3n) is 4.45. The largest absolute Gasteiger partial charge is 0.382 e. The standard InChI is InChI=1S/C17H22FN3/c18-14-10-6-9-13(11-14)15-16(20-21-17(15)19)12-7-4-2-1-3-5-8-12/h6,9-12H,1-5,7-8H2,(H3,19,20,21). The van der Waals surface area contributed by atoms with Gasteiger partial charge in [0, 0.05) is 17.2 Å². The molecule has 4 heteroatoms. The Kier molecular flexibility index (Phi) is 4.23. The molecule has 0 bridgehead atoms. The van der Waals surface area contributed by atoms with Crippen molar-refractivity contribution in [1.29, 1.82) is 0 Å². The molecule has 0 amide bonds. The van der Waals surface area contributed by atoms with Crippen LogP contribution < -0.4 is 5.73 Å². The number of nitrogen functional groups attached to an aromatic ring is 1. The number of nitrogens with one attached hydrogen (secondary N) is 1. The highest BCUT2D eigenvalue weighted by Crippen LogP contribution is 2.38. The Morgan fingerprint density at radius 3 is 2.52 bits per heavy atom. The highest BCUT2D eigenvalue weighted by Gasteiger charge is 2.22. The number of hydrogen-bond donors (Lipinski definition) is 2. The van der Waals surface area contributed by atoms with Crippen molar-refractivity contribution in [3.05, 3.63) is 35.8 Å². The highest BCUT2D eigenvalue weighted by atomic mass is 19.1. The zero-order valence-corrected chi connectivity index (χ0v) is 12.2. The normalized spacial score (nSPS) is 17.4. The molecule has 2 aromatic rings. The van der Waals surface area contributed by atoms with E-state index in [0.717, 1.165) is 29.7 Å². The summed E-state index contributed by atoms with van der Waals surface area (Å²) in [7, 11) is 0. The number of benzene rings is 1. The first-order valence-corrected chi connectivity index (χ1v) is 7.85. The Bertz CT molecular complexity index is 598. The van der Waals surface area contributed by atoms with Gasteiger partial charge in [0.15, 0.2) is 5.82 Å². The second-order valence-electron chi connectivity index (χ2n) is 5.95. The van der Waals surface area contributed by atoms with Gasteiger partial charge >= 0.3 is 0 Å². The molecule has 1 aliphatic carbocycles. The molecule has 0 spiro atoms. The molecule has 0 radical (unpaired) electrons. The van der Waals surface area contributed by atoms with E-state index in [1.807, 2.05) is 6.07 Å². The van der Waals surface area contributed by atoms with Gasteiger partial charge in [-0.05, 0) is 30.5 Å². The van der Waals surface area contributed by atoms with Crippen LogP contribution in [0.3, 0.4) is 0 Å². The molecule has 0 atom stereocenters. The van der Waals surface area contributed by atoms with Crippen LogP contribution in [0.2, 0.25) is 0 Å². The Labute approximate surface area is 124 Å². The number of hydrogen-bond acceptors (Lipinski definition) is 2. The van der Waals surface area contributed by atoms with Gasteiger partial charge in [-0.2, -0.15) is 5.10 Å². The summed E-state index contributed by atoms with van der Waals surface area (Å²) < 4.78 is 13.5. The van der Waals surface area contributed by atoms with E-state index in [4.69, 9.17) is 5.73 Å². The molecule has 3 N–H and O–H groups in total. The van der Waals surface area contributed by atoms with Crippen LogP contribution in [0.1, 0.15) is 56.6 Å². The van der Waals surface area contributed by atoms with Gasteiger partial charge in [-0.15, -0.1) is 0 Å². The van der Waals surface area contributed by atoms with Gasteiger partial charge in [0.05, 0.1) is 0 Å². The summed E-state index contributed by atoms with van der Waals surface area (Å²) in [6.45, 7) is 0. The molecule has 0 aliphatic heterocycles. The Balaban J connectivity index is 1.96. The molecule has 0 saturated heterocycles. The van der Waals surface area contributed by atoms with Crippen LogP contribution >= 0.6 is 0 Å². The van der Waals surface area contributed by atoms with Crippen molar-refractivity contribution in [2.24, 2.45) is 0 Å². The van der Waals surface area contributed by atoms with Crippen molar-refractivity contribution in [2.45, 2.75) is 50.9 Å². The molecular weight excluding hydrogens is 265 g/mol. The minimum absolute atomic E-state index is 0.239. The fraction of sp³-hybridized carbons (Fsp3) is 0.471. The van der Waals surface area contributed by atoms with E-state index in [2.05, 4.69) is 10.2 Å². The molecule has 1 saturated carbocycles. The molecule has 3 nitrogen and oxygen atoms in total. The molecule has 1 aliphatic rings. The predicted molar refractivity (Wildman–Crippen MR) is 83.5 cm³/mol. The zero-order chi connectivity index (χ0) is 14.7. The van der Waals surface area contributed by atoms with E-state index >= 15 is 0 Å². The minimum Gasteiger partial charge on any atom is -0.382 e. The summed E-state index contributed by atoms with van der Waals surface area (Å²) in [5.74, 6) is 0.683. The lowest BCUT2D eigenvalue weighted by Crippen LogP contribution is -2.04. The van der Waals surface area contributed by atoms with Crippen LogP contribution in [0.25, 0.3) is 11.1 Å². The van der Waals surface area contributed by atoms with Gasteiger partial charge in [0.25, 0.3) is 0 Å². The molecule has 112 valence electrons. The maximum atomic E-state index is 13.5. The van der Waals surface area contributed by atoms with Crippen LogP contribution in [0.4, 0.5) is 10.2 Å². The number of nitrogens with two attached hydrogens (primary N) is 1. The SMILES string of the molecule is Nc1n[nH]c(C2CCCCCCC2)c1-c1cccc(F)c1. The molecule has 1 fully saturated rings. The van der Waals surface area contributed by atoms with Crippen molar-refractivity contribution < 1.29 is 4.39 Å². The molecule has 21 heavy (non-hydrogen) atoms. The average Bonchev–Trinajstić information content (AvgIpc) is 2.80. The third kappa shape index (κ3) is 3.09. The van der Waals surface area contributed by atoms with E-state index in [-0.39, 0.29) is 5.82 Å². The van der Waals surface area contributed by atoms with Gasteiger partial charge in [0.1, 0.15) is 5.82 Å². The van der Waals surface area contributed by atoms with Crippen molar-refractivity contribution in [2.75, 3.05) is 5.73 Å². The van der Waals surface area contributed by atoms with Gasteiger partial charge in [-0.25, -0.2) is 4.39 Å². The first-order chi connectivity index (χ1) is 10.3. The Morgan fingerprint density at radius 2 is 1.81 bits per heavy atom. The monoisotopic (exact) mass is 287 g/mol. The number of H-pyrrole nitrogens is 1. The topological polar surface area (TPSA) is 54.7 Å². The van der Waals surface area contributed by atoms with Crippen LogP contribution in [-0.4, -0.2) is 10.2 Å². The summed E-state index contributed by atoms with van der Waals surface area (Å²) in [5.41, 5.74) is 8.83. The lowest BCUT2D eigenvalue weighted by atomic mass is 9.86. The summed E-state index contributed by atoms with van der Waals surface area (Å²) in [4.78, 5) is 0. The smallest absolute Gasteiger partial charge is 0.153 e. The van der Waals surface area contributed by atoms with E-state index in [9.17, 15) is 4.39 Å². The maximum Gasteiger partial charge on any atom is 0.153 e. The van der Waals surface area contributed by atoms with Crippen molar-refractivity contribution in [3.8, 4) is 11.1 Å². The summed E-state index contributed by atoms with van der Waals surface area (Å²) in [5, 5.41) is 7.29. The summed E-state index contributed by atoms with van der Waals surface area (Å²) in [6, 6.07) is 6.61. The number of aromatic nitrogens is 2. The Morgan fingerprint density at radius 1 is 1.10 bits per heavy atom. The van der Waals surface area contributed by atoms with Crippen molar-refractivity contribution in [3.63, 3.8) is 0 Å². The van der Waals surface area contributed by atoms with Crippen molar-refractivity contribution >= 4 is 5.82 Å². The predicted octanol–water partition coefficient (Wildman–Crippen LogP) is 4.63. The molecule has 1 aromatic heterocycles. The maximum absolute atomic E-state index is 13.5. The fourth-order valence-corrected chi connectivity index (χ4v) is 3.36. The van der Waals surface area contributed by atoms with E-state index in [1.54, 1.807) is 6.07 Å². The fourth-order valence-electron chi connectivity index (χ4n) is 3.36. The molecule has 1 aromatic carbocycles. The summed E-state index contributed by atoms with van der Waals surface area (Å²) in [6.07, 6.45) is 8.74. The van der Waals surface area contributed by atoms with Crippen molar-refractivity contribution in [1.82, 2.24) is 10.2 Å². The average molecular weight is 287 g/mol. The number of anilines is 1. The lowest BCUT2D eigenvalue weighted by Gasteiger charge is -2.20. The van der Waals surface area contributed by atoms with Crippen LogP contribution in [0.15, 0.2) is 24.3 Å². The highest BCUT2D eigenvalue weighted by molar-refractivity contribution is 5.76. The number of rotatable bonds is 2. The third-order valence-corrected chi connectivity index (χ3v) is 4.45. The second kappa shape index (κ2) is 6.29.